The highest BCUT2D eigenvalue weighted by Crippen LogP contribution is 2.17. The van der Waals surface area contributed by atoms with Gasteiger partial charge in [0.15, 0.2) is 5.11 Å². The molecule has 3 aromatic rings. The smallest absolute Gasteiger partial charge is 0.258 e. The van der Waals surface area contributed by atoms with Crippen LogP contribution >= 0.6 is 23.6 Å². The second-order valence-corrected chi connectivity index (χ2v) is 7.46. The molecule has 0 radical (unpaired) electrons. The fourth-order valence-corrected chi connectivity index (χ4v) is 3.39. The van der Waals surface area contributed by atoms with Gasteiger partial charge in [-0.25, -0.2) is 0 Å². The molecule has 0 unspecified atom stereocenters. The fourth-order valence-electron chi connectivity index (χ4n) is 2.55. The quantitative estimate of drug-likeness (QED) is 0.469. The highest BCUT2D eigenvalue weighted by atomic mass is 32.1. The van der Waals surface area contributed by atoms with Crippen LogP contribution in [0.3, 0.4) is 0 Å². The zero-order valence-electron chi connectivity index (χ0n) is 15.7. The third-order valence-electron chi connectivity index (χ3n) is 3.99. The molecule has 0 fully saturated rings. The van der Waals surface area contributed by atoms with E-state index >= 15 is 0 Å². The molecule has 0 bridgehead atoms. The lowest BCUT2D eigenvalue weighted by molar-refractivity contribution is -0.115. The maximum Gasteiger partial charge on any atom is 0.258 e. The van der Waals surface area contributed by atoms with Gasteiger partial charge in [-0.3, -0.25) is 14.9 Å². The van der Waals surface area contributed by atoms with Crippen molar-refractivity contribution in [2.24, 2.45) is 0 Å². The van der Waals surface area contributed by atoms with E-state index in [-0.39, 0.29) is 16.9 Å². The number of carbonyl (C=O) groups is 2. The molecule has 146 valence electrons. The molecule has 0 aliphatic carbocycles. The Morgan fingerprint density at radius 3 is 2.55 bits per heavy atom. The molecule has 0 saturated carbocycles. The van der Waals surface area contributed by atoms with E-state index in [1.54, 1.807) is 53.6 Å². The monoisotopic (exact) mass is 421 g/mol. The number of carbonyl (C=O) groups excluding carboxylic acids is 2. The van der Waals surface area contributed by atoms with Crippen molar-refractivity contribution in [3.05, 3.63) is 88.6 Å². The first kappa shape index (κ1) is 20.4. The van der Waals surface area contributed by atoms with Gasteiger partial charge in [0.25, 0.3) is 5.91 Å². The molecule has 1 heterocycles. The van der Waals surface area contributed by atoms with E-state index in [2.05, 4.69) is 10.6 Å². The first-order valence-electron chi connectivity index (χ1n) is 8.79. The third kappa shape index (κ3) is 5.84. The van der Waals surface area contributed by atoms with E-state index in [0.717, 1.165) is 10.6 Å². The molecular formula is C22H19N3O2S2. The number of nitrogens with zero attached hydrogens (tertiary/aromatic N) is 1. The van der Waals surface area contributed by atoms with Crippen LogP contribution in [0.2, 0.25) is 0 Å². The van der Waals surface area contributed by atoms with E-state index in [9.17, 15) is 9.59 Å². The van der Waals surface area contributed by atoms with Crippen LogP contribution in [0, 0.1) is 0 Å². The van der Waals surface area contributed by atoms with Crippen LogP contribution in [0.5, 0.6) is 0 Å². The normalized spacial score (nSPS) is 10.5. The summed E-state index contributed by atoms with van der Waals surface area (Å²) < 4.78 is 0. The molecule has 5 nitrogen and oxygen atoms in total. The zero-order valence-corrected chi connectivity index (χ0v) is 17.3. The minimum Gasteiger partial charge on any atom is -0.332 e. The molecule has 1 aromatic heterocycles. The maximum absolute atomic E-state index is 12.7. The molecule has 0 atom stereocenters. The van der Waals surface area contributed by atoms with Gasteiger partial charge in [0, 0.05) is 34.9 Å². The molecule has 0 saturated heterocycles. The van der Waals surface area contributed by atoms with Gasteiger partial charge in [-0.1, -0.05) is 30.3 Å². The summed E-state index contributed by atoms with van der Waals surface area (Å²) >= 11 is 6.73. The van der Waals surface area contributed by atoms with Crippen molar-refractivity contribution >= 4 is 57.9 Å². The molecule has 2 amide bonds. The molecule has 29 heavy (non-hydrogen) atoms. The van der Waals surface area contributed by atoms with Gasteiger partial charge in [-0.05, 0) is 60.1 Å². The van der Waals surface area contributed by atoms with E-state index < -0.39 is 0 Å². The van der Waals surface area contributed by atoms with Crippen LogP contribution in [0.4, 0.5) is 11.4 Å². The highest BCUT2D eigenvalue weighted by Gasteiger charge is 2.14. The predicted molar refractivity (Wildman–Crippen MR) is 123 cm³/mol. The highest BCUT2D eigenvalue weighted by molar-refractivity contribution is 7.80. The average molecular weight is 422 g/mol. The number of para-hydroxylation sites is 1. The lowest BCUT2D eigenvalue weighted by Crippen LogP contribution is -2.33. The Hall–Kier alpha value is -3.29. The Bertz CT molecular complexity index is 1030. The number of thiophene rings is 1. The van der Waals surface area contributed by atoms with Crippen molar-refractivity contribution < 1.29 is 9.59 Å². The molecule has 2 N–H and O–H groups in total. The largest absolute Gasteiger partial charge is 0.332 e. The van der Waals surface area contributed by atoms with Crippen LogP contribution in [0.25, 0.3) is 6.08 Å². The second kappa shape index (κ2) is 9.77. The lowest BCUT2D eigenvalue weighted by atomic mass is 10.1. The number of benzene rings is 2. The summed E-state index contributed by atoms with van der Waals surface area (Å²) in [5.41, 5.74) is 1.93. The summed E-state index contributed by atoms with van der Waals surface area (Å²) in [5, 5.41) is 7.63. The van der Waals surface area contributed by atoms with Crippen molar-refractivity contribution in [1.29, 1.82) is 0 Å². The number of amides is 2. The van der Waals surface area contributed by atoms with Crippen molar-refractivity contribution in [3.8, 4) is 0 Å². The lowest BCUT2D eigenvalue weighted by Gasteiger charge is -2.18. The van der Waals surface area contributed by atoms with Crippen LogP contribution < -0.4 is 15.5 Å². The van der Waals surface area contributed by atoms with E-state index in [1.807, 2.05) is 47.8 Å². The van der Waals surface area contributed by atoms with Crippen LogP contribution in [-0.4, -0.2) is 24.0 Å². The molecule has 7 heteroatoms. The number of hydrogen-bond acceptors (Lipinski definition) is 4. The first-order chi connectivity index (χ1) is 14.0. The molecule has 2 aromatic carbocycles. The Morgan fingerprint density at radius 1 is 1.03 bits per heavy atom. The molecule has 3 rings (SSSR count). The standard InChI is InChI=1S/C22H19N3O2S2/c1-25(18-9-3-2-4-10-18)21(27)16-7-5-8-17(15-16)23-22(28)24-20(26)13-12-19-11-6-14-29-19/h2-15H,1H3,(H2,23,24,26,28)/b13-12+. The topological polar surface area (TPSA) is 61.4 Å². The van der Waals surface area contributed by atoms with Crippen molar-refractivity contribution in [2.75, 3.05) is 17.3 Å². The van der Waals surface area contributed by atoms with Gasteiger partial charge in [0.2, 0.25) is 5.91 Å². The van der Waals surface area contributed by atoms with Gasteiger partial charge < -0.3 is 10.2 Å². The summed E-state index contributed by atoms with van der Waals surface area (Å²) in [7, 11) is 1.72. The van der Waals surface area contributed by atoms with Crippen LogP contribution in [0.15, 0.2) is 78.2 Å². The van der Waals surface area contributed by atoms with Gasteiger partial charge in [0.1, 0.15) is 0 Å². The number of hydrogen-bond donors (Lipinski definition) is 2. The summed E-state index contributed by atoms with van der Waals surface area (Å²) in [6.07, 6.45) is 3.15. The zero-order chi connectivity index (χ0) is 20.6. The van der Waals surface area contributed by atoms with Crippen molar-refractivity contribution in [2.45, 2.75) is 0 Å². The minimum atomic E-state index is -0.327. The van der Waals surface area contributed by atoms with E-state index in [0.29, 0.717) is 11.3 Å². The summed E-state index contributed by atoms with van der Waals surface area (Å²) in [6.45, 7) is 0. The van der Waals surface area contributed by atoms with Gasteiger partial charge in [-0.15, -0.1) is 11.3 Å². The maximum atomic E-state index is 12.7. The van der Waals surface area contributed by atoms with Crippen molar-refractivity contribution in [3.63, 3.8) is 0 Å². The molecule has 0 aliphatic rings. The third-order valence-corrected chi connectivity index (χ3v) is 5.04. The van der Waals surface area contributed by atoms with Crippen molar-refractivity contribution in [1.82, 2.24) is 5.32 Å². The van der Waals surface area contributed by atoms with E-state index in [4.69, 9.17) is 12.2 Å². The Balaban J connectivity index is 1.61. The molecular weight excluding hydrogens is 402 g/mol. The van der Waals surface area contributed by atoms with Gasteiger partial charge in [-0.2, -0.15) is 0 Å². The summed E-state index contributed by atoms with van der Waals surface area (Å²) in [5.74, 6) is -0.472. The number of nitrogens with one attached hydrogen (secondary N) is 2. The average Bonchev–Trinajstić information content (AvgIpc) is 3.25. The second-order valence-electron chi connectivity index (χ2n) is 6.07. The first-order valence-corrected chi connectivity index (χ1v) is 10.1. The summed E-state index contributed by atoms with van der Waals surface area (Å²) in [6, 6.07) is 20.2. The number of rotatable bonds is 5. The fraction of sp³-hybridized carbons (Fsp3) is 0.0455. The molecule has 0 aliphatic heterocycles. The van der Waals surface area contributed by atoms with Gasteiger partial charge in [0.05, 0.1) is 0 Å². The minimum absolute atomic E-state index is 0.145. The molecule has 0 spiro atoms. The van der Waals surface area contributed by atoms with E-state index in [1.165, 1.54) is 6.08 Å². The Morgan fingerprint density at radius 2 is 1.83 bits per heavy atom. The van der Waals surface area contributed by atoms with Crippen LogP contribution in [-0.2, 0) is 4.79 Å². The Kier molecular flexibility index (Phi) is 6.89. The summed E-state index contributed by atoms with van der Waals surface area (Å²) in [4.78, 5) is 27.3. The number of thiocarbonyl (C=S) groups is 1. The Labute approximate surface area is 178 Å². The number of anilines is 2. The van der Waals surface area contributed by atoms with Crippen LogP contribution in [0.1, 0.15) is 15.2 Å². The SMILES string of the molecule is CN(C(=O)c1cccc(NC(=S)NC(=O)/C=C/c2cccs2)c1)c1ccccc1. The predicted octanol–water partition coefficient (Wildman–Crippen LogP) is 4.55. The van der Waals surface area contributed by atoms with Gasteiger partial charge >= 0.3 is 0 Å².